The number of rotatable bonds is 1. The molecule has 0 spiro atoms. The number of hydrogen-bond acceptors (Lipinski definition) is 4. The van der Waals surface area contributed by atoms with Gasteiger partial charge in [-0.25, -0.2) is 0 Å². The van der Waals surface area contributed by atoms with Crippen LogP contribution in [0, 0.1) is 0 Å². The highest BCUT2D eigenvalue weighted by atomic mass is 16.6. The second kappa shape index (κ2) is 3.53. The highest BCUT2D eigenvalue weighted by Crippen LogP contribution is 2.30. The minimum atomic E-state index is -0.885. The maximum atomic E-state index is 9.69. The summed E-state index contributed by atoms with van der Waals surface area (Å²) < 4.78 is 10.6. The van der Waals surface area contributed by atoms with E-state index in [1.54, 1.807) is 6.92 Å². The molecule has 0 bridgehead atoms. The van der Waals surface area contributed by atoms with Crippen molar-refractivity contribution in [1.29, 1.82) is 0 Å². The van der Waals surface area contributed by atoms with E-state index in [1.807, 2.05) is 13.8 Å². The quantitative estimate of drug-likeness (QED) is 0.607. The molecule has 0 aromatic carbocycles. The first-order valence-electron chi connectivity index (χ1n) is 4.47. The molecule has 1 saturated heterocycles. The smallest absolute Gasteiger partial charge is 0.114 e. The first-order valence-corrected chi connectivity index (χ1v) is 4.47. The van der Waals surface area contributed by atoms with Gasteiger partial charge >= 0.3 is 0 Å². The maximum absolute atomic E-state index is 9.69. The van der Waals surface area contributed by atoms with Gasteiger partial charge in [-0.05, 0) is 20.8 Å². The third-order valence-electron chi connectivity index (χ3n) is 2.57. The van der Waals surface area contributed by atoms with Gasteiger partial charge in [0.2, 0.25) is 0 Å². The van der Waals surface area contributed by atoms with Crippen molar-refractivity contribution in [3.63, 3.8) is 0 Å². The molecule has 4 atom stereocenters. The summed E-state index contributed by atoms with van der Waals surface area (Å²) in [6.45, 7) is 5.42. The van der Waals surface area contributed by atoms with E-state index in [9.17, 15) is 10.2 Å². The van der Waals surface area contributed by atoms with Gasteiger partial charge in [0, 0.05) is 7.11 Å². The van der Waals surface area contributed by atoms with Crippen molar-refractivity contribution in [2.45, 2.75) is 50.8 Å². The van der Waals surface area contributed by atoms with Gasteiger partial charge in [-0.15, -0.1) is 0 Å². The monoisotopic (exact) mass is 190 g/mol. The average Bonchev–Trinajstić information content (AvgIpc) is 2.00. The lowest BCUT2D eigenvalue weighted by atomic mass is 9.88. The summed E-state index contributed by atoms with van der Waals surface area (Å²) in [6.07, 6.45) is -2.61. The van der Waals surface area contributed by atoms with Crippen LogP contribution in [0.3, 0.4) is 0 Å². The molecule has 0 aliphatic carbocycles. The van der Waals surface area contributed by atoms with Crippen molar-refractivity contribution in [2.24, 2.45) is 0 Å². The Labute approximate surface area is 78.5 Å². The molecule has 1 unspecified atom stereocenters. The first-order chi connectivity index (χ1) is 5.90. The van der Waals surface area contributed by atoms with Crippen molar-refractivity contribution in [3.8, 4) is 0 Å². The van der Waals surface area contributed by atoms with Crippen LogP contribution in [0.15, 0.2) is 0 Å². The number of ether oxygens (including phenoxy) is 2. The highest BCUT2D eigenvalue weighted by molar-refractivity contribution is 4.96. The Kier molecular flexibility index (Phi) is 2.97. The molecule has 0 aromatic heterocycles. The maximum Gasteiger partial charge on any atom is 0.114 e. The predicted octanol–water partition coefficient (Wildman–Crippen LogP) is -0.0795. The highest BCUT2D eigenvalue weighted by Gasteiger charge is 2.47. The van der Waals surface area contributed by atoms with Crippen LogP contribution in [-0.4, -0.2) is 47.3 Å². The van der Waals surface area contributed by atoms with Crippen LogP contribution in [0.25, 0.3) is 0 Å². The molecule has 0 radical (unpaired) electrons. The molecule has 2 N–H and O–H groups in total. The Morgan fingerprint density at radius 2 is 1.77 bits per heavy atom. The molecule has 1 aliphatic heterocycles. The lowest BCUT2D eigenvalue weighted by molar-refractivity contribution is -0.258. The Morgan fingerprint density at radius 1 is 1.23 bits per heavy atom. The van der Waals surface area contributed by atoms with Gasteiger partial charge in [0.25, 0.3) is 0 Å². The number of hydrogen-bond donors (Lipinski definition) is 2. The van der Waals surface area contributed by atoms with Gasteiger partial charge in [-0.2, -0.15) is 0 Å². The van der Waals surface area contributed by atoms with Crippen LogP contribution in [0.4, 0.5) is 0 Å². The van der Waals surface area contributed by atoms with Gasteiger partial charge in [-0.3, -0.25) is 0 Å². The summed E-state index contributed by atoms with van der Waals surface area (Å²) in [7, 11) is 1.50. The zero-order valence-electron chi connectivity index (χ0n) is 8.52. The molecule has 13 heavy (non-hydrogen) atoms. The molecule has 1 aliphatic rings. The minimum Gasteiger partial charge on any atom is -0.388 e. The molecule has 78 valence electrons. The molecule has 0 saturated carbocycles. The minimum absolute atomic E-state index is 0.364. The van der Waals surface area contributed by atoms with Crippen molar-refractivity contribution >= 4 is 0 Å². The predicted molar refractivity (Wildman–Crippen MR) is 47.4 cm³/mol. The zero-order valence-corrected chi connectivity index (χ0v) is 8.52. The summed E-state index contributed by atoms with van der Waals surface area (Å²) in [5.41, 5.74) is -0.563. The normalized spacial score (nSPS) is 44.8. The van der Waals surface area contributed by atoms with E-state index in [0.717, 1.165) is 0 Å². The zero-order chi connectivity index (χ0) is 10.2. The Morgan fingerprint density at radius 3 is 2.23 bits per heavy atom. The summed E-state index contributed by atoms with van der Waals surface area (Å²) in [5.74, 6) is 0. The summed E-state index contributed by atoms with van der Waals surface area (Å²) in [5, 5.41) is 19.2. The van der Waals surface area contributed by atoms with Crippen LogP contribution in [0.1, 0.15) is 20.8 Å². The lowest BCUT2D eigenvalue weighted by Crippen LogP contribution is -2.61. The van der Waals surface area contributed by atoms with E-state index in [4.69, 9.17) is 9.47 Å². The van der Waals surface area contributed by atoms with Crippen LogP contribution in [-0.2, 0) is 9.47 Å². The molecule has 0 aromatic rings. The van der Waals surface area contributed by atoms with Crippen molar-refractivity contribution in [3.05, 3.63) is 0 Å². The van der Waals surface area contributed by atoms with Crippen LogP contribution in [0.2, 0.25) is 0 Å². The van der Waals surface area contributed by atoms with Gasteiger partial charge < -0.3 is 19.7 Å². The van der Waals surface area contributed by atoms with Crippen molar-refractivity contribution in [2.75, 3.05) is 7.11 Å². The number of aliphatic hydroxyl groups excluding tert-OH is 2. The third-order valence-corrected chi connectivity index (χ3v) is 2.57. The molecular weight excluding hydrogens is 172 g/mol. The standard InChI is InChI=1S/C9H18O4/c1-5-6(10)7(11)8(12-4)9(2,3)13-5/h5-8,10-11H,1-4H3/t5-,6?,7-,8+/m1/s1. The summed E-state index contributed by atoms with van der Waals surface area (Å²) in [6, 6.07) is 0. The van der Waals surface area contributed by atoms with E-state index >= 15 is 0 Å². The molecule has 4 heteroatoms. The van der Waals surface area contributed by atoms with E-state index < -0.39 is 23.9 Å². The third kappa shape index (κ3) is 1.86. The van der Waals surface area contributed by atoms with Gasteiger partial charge in [0.05, 0.1) is 11.7 Å². The van der Waals surface area contributed by atoms with E-state index in [-0.39, 0.29) is 6.10 Å². The molecule has 1 rings (SSSR count). The van der Waals surface area contributed by atoms with Crippen LogP contribution < -0.4 is 0 Å². The van der Waals surface area contributed by atoms with Crippen molar-refractivity contribution in [1.82, 2.24) is 0 Å². The van der Waals surface area contributed by atoms with Gasteiger partial charge in [0.1, 0.15) is 18.3 Å². The SMILES string of the molecule is CO[C@H]1[C@H](O)C(O)[C@@H](C)OC1(C)C. The molecule has 1 heterocycles. The Balaban J connectivity index is 2.82. The van der Waals surface area contributed by atoms with E-state index in [1.165, 1.54) is 7.11 Å². The van der Waals surface area contributed by atoms with Gasteiger partial charge in [-0.1, -0.05) is 0 Å². The fraction of sp³-hybridized carbons (Fsp3) is 1.00. The second-order valence-corrected chi connectivity index (χ2v) is 4.06. The second-order valence-electron chi connectivity index (χ2n) is 4.06. The molecule has 0 amide bonds. The Bertz CT molecular complexity index is 180. The largest absolute Gasteiger partial charge is 0.388 e. The Hall–Kier alpha value is -0.160. The fourth-order valence-electron chi connectivity index (χ4n) is 1.91. The molecule has 1 fully saturated rings. The molecular formula is C9H18O4. The average molecular weight is 190 g/mol. The van der Waals surface area contributed by atoms with Gasteiger partial charge in [0.15, 0.2) is 0 Å². The van der Waals surface area contributed by atoms with E-state index in [2.05, 4.69) is 0 Å². The first kappa shape index (κ1) is 10.9. The topological polar surface area (TPSA) is 58.9 Å². The number of methoxy groups -OCH3 is 1. The summed E-state index contributed by atoms with van der Waals surface area (Å²) >= 11 is 0. The fourth-order valence-corrected chi connectivity index (χ4v) is 1.91. The van der Waals surface area contributed by atoms with Crippen LogP contribution >= 0.6 is 0 Å². The number of aliphatic hydroxyl groups is 2. The van der Waals surface area contributed by atoms with Crippen molar-refractivity contribution < 1.29 is 19.7 Å². The van der Waals surface area contributed by atoms with Crippen LogP contribution in [0.5, 0.6) is 0 Å². The molecule has 4 nitrogen and oxygen atoms in total. The lowest BCUT2D eigenvalue weighted by Gasteiger charge is -2.46. The summed E-state index contributed by atoms with van der Waals surface area (Å²) in [4.78, 5) is 0. The van der Waals surface area contributed by atoms with E-state index in [0.29, 0.717) is 0 Å².